The summed E-state index contributed by atoms with van der Waals surface area (Å²) in [6.07, 6.45) is 11.0. The predicted molar refractivity (Wildman–Crippen MR) is 71.5 cm³/mol. The predicted octanol–water partition coefficient (Wildman–Crippen LogP) is 4.55. The second kappa shape index (κ2) is 7.12. The minimum Gasteiger partial charge on any atom is -0.120 e. The Morgan fingerprint density at radius 1 is 1.06 bits per heavy atom. The highest BCUT2D eigenvalue weighted by Crippen LogP contribution is 2.16. The molecule has 0 aliphatic rings. The van der Waals surface area contributed by atoms with Gasteiger partial charge in [0.2, 0.25) is 0 Å². The minimum absolute atomic E-state index is 0.629. The molecule has 86 valence electrons. The number of benzene rings is 1. The average molecular weight is 214 g/mol. The van der Waals surface area contributed by atoms with Crippen molar-refractivity contribution in [1.29, 1.82) is 0 Å². The molecular weight excluding hydrogens is 192 g/mol. The van der Waals surface area contributed by atoms with E-state index in [1.54, 1.807) is 0 Å². The maximum Gasteiger partial charge on any atom is 0.00860 e. The molecule has 0 heterocycles. The molecule has 16 heavy (non-hydrogen) atoms. The monoisotopic (exact) mass is 214 g/mol. The van der Waals surface area contributed by atoms with Gasteiger partial charge in [-0.2, -0.15) is 0 Å². The third-order valence-electron chi connectivity index (χ3n) is 2.93. The molecule has 0 saturated carbocycles. The molecule has 0 bridgehead atoms. The van der Waals surface area contributed by atoms with Crippen molar-refractivity contribution in [2.24, 2.45) is 0 Å². The maximum absolute atomic E-state index is 5.22. The van der Waals surface area contributed by atoms with Gasteiger partial charge in [0.15, 0.2) is 0 Å². The van der Waals surface area contributed by atoms with Gasteiger partial charge in [-0.15, -0.1) is 12.3 Å². The third kappa shape index (κ3) is 4.53. The summed E-state index contributed by atoms with van der Waals surface area (Å²) in [5.41, 5.74) is 2.88. The molecule has 0 atom stereocenters. The van der Waals surface area contributed by atoms with Crippen LogP contribution in [0.25, 0.3) is 0 Å². The van der Waals surface area contributed by atoms with E-state index in [-0.39, 0.29) is 0 Å². The molecule has 0 aliphatic heterocycles. The van der Waals surface area contributed by atoms with Gasteiger partial charge in [0.25, 0.3) is 0 Å². The number of hydrogen-bond donors (Lipinski definition) is 0. The number of hydrogen-bond acceptors (Lipinski definition) is 0. The van der Waals surface area contributed by atoms with Crippen molar-refractivity contribution in [3.63, 3.8) is 0 Å². The van der Waals surface area contributed by atoms with Crippen LogP contribution in [0.2, 0.25) is 0 Å². The second-order valence-electron chi connectivity index (χ2n) is 4.66. The smallest absolute Gasteiger partial charge is 0.00860 e. The van der Waals surface area contributed by atoms with Crippen molar-refractivity contribution < 1.29 is 0 Å². The molecule has 0 radical (unpaired) electrons. The summed E-state index contributed by atoms with van der Waals surface area (Å²) < 4.78 is 0. The van der Waals surface area contributed by atoms with Crippen molar-refractivity contribution in [3.8, 4) is 12.3 Å². The molecule has 1 rings (SSSR count). The van der Waals surface area contributed by atoms with Crippen molar-refractivity contribution in [3.05, 3.63) is 35.4 Å². The van der Waals surface area contributed by atoms with E-state index < -0.39 is 0 Å². The van der Waals surface area contributed by atoms with Crippen LogP contribution in [0.5, 0.6) is 0 Å². The van der Waals surface area contributed by atoms with Gasteiger partial charge in [0.05, 0.1) is 0 Å². The maximum atomic E-state index is 5.22. The molecule has 0 fully saturated rings. The summed E-state index contributed by atoms with van der Waals surface area (Å²) >= 11 is 0. The highest BCUT2D eigenvalue weighted by atomic mass is 14.0. The molecule has 0 N–H and O–H groups in total. The topological polar surface area (TPSA) is 0 Å². The van der Waals surface area contributed by atoms with E-state index in [1.807, 2.05) is 0 Å². The van der Waals surface area contributed by atoms with Crippen molar-refractivity contribution >= 4 is 0 Å². The number of unbranched alkanes of at least 4 members (excludes halogenated alkanes) is 3. The lowest BCUT2D eigenvalue weighted by molar-refractivity contribution is 0.692. The molecule has 0 nitrogen and oxygen atoms in total. The van der Waals surface area contributed by atoms with Crippen LogP contribution in [0.3, 0.4) is 0 Å². The van der Waals surface area contributed by atoms with Gasteiger partial charge < -0.3 is 0 Å². The molecular formula is C16H22. The van der Waals surface area contributed by atoms with E-state index in [0.717, 1.165) is 6.42 Å². The Balaban J connectivity index is 2.30. The normalized spacial score (nSPS) is 10.4. The zero-order chi connectivity index (χ0) is 11.8. The SMILES string of the molecule is C#CCCCCCc1ccc(C(C)C)cc1. The molecule has 0 heteroatoms. The first kappa shape index (κ1) is 12.8. The average Bonchev–Trinajstić information content (AvgIpc) is 2.29. The van der Waals surface area contributed by atoms with Crippen LogP contribution in [0.1, 0.15) is 56.6 Å². The Morgan fingerprint density at radius 2 is 1.75 bits per heavy atom. The lowest BCUT2D eigenvalue weighted by Crippen LogP contribution is -1.90. The second-order valence-corrected chi connectivity index (χ2v) is 4.66. The summed E-state index contributed by atoms with van der Waals surface area (Å²) in [6.45, 7) is 4.46. The van der Waals surface area contributed by atoms with Crippen LogP contribution in [0, 0.1) is 12.3 Å². The minimum atomic E-state index is 0.629. The first-order valence-corrected chi connectivity index (χ1v) is 6.26. The summed E-state index contributed by atoms with van der Waals surface area (Å²) in [5.74, 6) is 3.32. The largest absolute Gasteiger partial charge is 0.120 e. The Morgan fingerprint density at radius 3 is 2.31 bits per heavy atom. The molecule has 0 aliphatic carbocycles. The highest BCUT2D eigenvalue weighted by Gasteiger charge is 1.98. The highest BCUT2D eigenvalue weighted by molar-refractivity contribution is 5.24. The van der Waals surface area contributed by atoms with E-state index in [1.165, 1.54) is 36.8 Å². The fraction of sp³-hybridized carbons (Fsp3) is 0.500. The summed E-state index contributed by atoms with van der Waals surface area (Å²) in [4.78, 5) is 0. The zero-order valence-corrected chi connectivity index (χ0v) is 10.5. The Kier molecular flexibility index (Phi) is 5.72. The van der Waals surface area contributed by atoms with Gasteiger partial charge in [0.1, 0.15) is 0 Å². The van der Waals surface area contributed by atoms with Gasteiger partial charge in [-0.25, -0.2) is 0 Å². The van der Waals surface area contributed by atoms with E-state index in [4.69, 9.17) is 6.42 Å². The van der Waals surface area contributed by atoms with Crippen LogP contribution in [-0.4, -0.2) is 0 Å². The van der Waals surface area contributed by atoms with Gasteiger partial charge in [0, 0.05) is 6.42 Å². The molecule has 0 aromatic heterocycles. The summed E-state index contributed by atoms with van der Waals surface area (Å²) in [5, 5.41) is 0. The van der Waals surface area contributed by atoms with Gasteiger partial charge >= 0.3 is 0 Å². The van der Waals surface area contributed by atoms with E-state index in [2.05, 4.69) is 44.0 Å². The first-order valence-electron chi connectivity index (χ1n) is 6.26. The Bertz CT molecular complexity index is 324. The Hall–Kier alpha value is -1.22. The van der Waals surface area contributed by atoms with Crippen molar-refractivity contribution in [2.75, 3.05) is 0 Å². The third-order valence-corrected chi connectivity index (χ3v) is 2.93. The van der Waals surface area contributed by atoms with Crippen LogP contribution in [0.15, 0.2) is 24.3 Å². The standard InChI is InChI=1S/C16H22/c1-4-5-6-7-8-9-15-10-12-16(13-11-15)14(2)3/h1,10-14H,5-9H2,2-3H3. The van der Waals surface area contributed by atoms with E-state index >= 15 is 0 Å². The van der Waals surface area contributed by atoms with Crippen molar-refractivity contribution in [1.82, 2.24) is 0 Å². The molecule has 1 aromatic carbocycles. The van der Waals surface area contributed by atoms with E-state index in [9.17, 15) is 0 Å². The fourth-order valence-electron chi connectivity index (χ4n) is 1.80. The Labute approximate surface area is 100 Å². The fourth-order valence-corrected chi connectivity index (χ4v) is 1.80. The molecule has 0 amide bonds. The van der Waals surface area contributed by atoms with Gasteiger partial charge in [-0.05, 0) is 36.3 Å². The van der Waals surface area contributed by atoms with Gasteiger partial charge in [-0.1, -0.05) is 44.5 Å². The first-order chi connectivity index (χ1) is 7.74. The number of rotatable bonds is 6. The van der Waals surface area contributed by atoms with Gasteiger partial charge in [-0.3, -0.25) is 0 Å². The summed E-state index contributed by atoms with van der Waals surface area (Å²) in [7, 11) is 0. The van der Waals surface area contributed by atoms with E-state index in [0.29, 0.717) is 5.92 Å². The molecule has 0 spiro atoms. The van der Waals surface area contributed by atoms with Crippen molar-refractivity contribution in [2.45, 2.75) is 51.9 Å². The molecule has 0 saturated heterocycles. The molecule has 0 unspecified atom stereocenters. The number of aryl methyl sites for hydroxylation is 1. The number of terminal acetylenes is 1. The lowest BCUT2D eigenvalue weighted by atomic mass is 9.99. The quantitative estimate of drug-likeness (QED) is 0.481. The lowest BCUT2D eigenvalue weighted by Gasteiger charge is -2.06. The van der Waals surface area contributed by atoms with Crippen LogP contribution in [-0.2, 0) is 6.42 Å². The molecule has 1 aromatic rings. The zero-order valence-electron chi connectivity index (χ0n) is 10.5. The van der Waals surface area contributed by atoms with Crippen LogP contribution >= 0.6 is 0 Å². The van der Waals surface area contributed by atoms with Crippen LogP contribution < -0.4 is 0 Å². The summed E-state index contributed by atoms with van der Waals surface area (Å²) in [6, 6.07) is 9.02. The van der Waals surface area contributed by atoms with Crippen LogP contribution in [0.4, 0.5) is 0 Å².